The van der Waals surface area contributed by atoms with Crippen molar-refractivity contribution in [2.75, 3.05) is 27.2 Å². The Hall–Kier alpha value is -1.07. The molecule has 6 heteroatoms. The third-order valence-corrected chi connectivity index (χ3v) is 3.06. The van der Waals surface area contributed by atoms with Crippen molar-refractivity contribution in [1.82, 2.24) is 10.2 Å². The monoisotopic (exact) mass is 348 g/mol. The van der Waals surface area contributed by atoms with Crippen LogP contribution in [0.4, 0.5) is 4.39 Å². The summed E-state index contributed by atoms with van der Waals surface area (Å²) in [5.74, 6) is 1.15. The van der Waals surface area contributed by atoms with Crippen LogP contribution in [-0.2, 0) is 6.54 Å². The largest absolute Gasteiger partial charge is 0.460 e. The van der Waals surface area contributed by atoms with E-state index in [0.717, 1.165) is 25.3 Å². The van der Waals surface area contributed by atoms with Crippen LogP contribution in [0.2, 0.25) is 0 Å². The Balaban J connectivity index is 0.00000220. The van der Waals surface area contributed by atoms with Crippen molar-refractivity contribution in [3.8, 4) is 11.3 Å². The van der Waals surface area contributed by atoms with Gasteiger partial charge in [-0.1, -0.05) is 12.1 Å². The van der Waals surface area contributed by atoms with E-state index in [1.54, 1.807) is 18.2 Å². The number of hydrogen-bond donors (Lipinski definition) is 1. The molecule has 0 aliphatic carbocycles. The molecule has 0 fully saturated rings. The molecule has 0 saturated carbocycles. The van der Waals surface area contributed by atoms with E-state index in [1.165, 1.54) is 6.07 Å². The lowest BCUT2D eigenvalue weighted by molar-refractivity contribution is 0.391. The van der Waals surface area contributed by atoms with E-state index in [1.807, 2.05) is 12.1 Å². The van der Waals surface area contributed by atoms with Gasteiger partial charge in [-0.05, 0) is 57.9 Å². The van der Waals surface area contributed by atoms with E-state index >= 15 is 0 Å². The van der Waals surface area contributed by atoms with Crippen molar-refractivity contribution in [3.05, 3.63) is 48.0 Å². The van der Waals surface area contributed by atoms with Crippen molar-refractivity contribution in [2.24, 2.45) is 0 Å². The molecule has 1 aromatic heterocycles. The summed E-state index contributed by atoms with van der Waals surface area (Å²) in [6, 6.07) is 10.4. The van der Waals surface area contributed by atoms with Gasteiger partial charge in [-0.3, -0.25) is 0 Å². The highest BCUT2D eigenvalue weighted by Crippen LogP contribution is 2.24. The van der Waals surface area contributed by atoms with E-state index < -0.39 is 0 Å². The molecule has 0 bridgehead atoms. The number of benzene rings is 1. The van der Waals surface area contributed by atoms with Crippen LogP contribution in [-0.4, -0.2) is 32.1 Å². The fourth-order valence-corrected chi connectivity index (χ4v) is 2.01. The van der Waals surface area contributed by atoms with Gasteiger partial charge in [0, 0.05) is 0 Å². The van der Waals surface area contributed by atoms with E-state index in [-0.39, 0.29) is 30.6 Å². The number of furan rings is 1. The Labute approximate surface area is 143 Å². The summed E-state index contributed by atoms with van der Waals surface area (Å²) in [6.07, 6.45) is 1.09. The molecule has 0 spiro atoms. The SMILES string of the molecule is CN(C)CCCNCc1ccc(-c2ccccc2F)o1.Cl.Cl. The molecule has 22 heavy (non-hydrogen) atoms. The average Bonchev–Trinajstić information content (AvgIpc) is 2.87. The second-order valence-corrected chi connectivity index (χ2v) is 5.08. The van der Waals surface area contributed by atoms with Gasteiger partial charge in [-0.2, -0.15) is 0 Å². The molecule has 0 aliphatic heterocycles. The van der Waals surface area contributed by atoms with E-state index in [4.69, 9.17) is 4.42 Å². The summed E-state index contributed by atoms with van der Waals surface area (Å²) in [5, 5.41) is 3.32. The Morgan fingerprint density at radius 1 is 1.09 bits per heavy atom. The van der Waals surface area contributed by atoms with Gasteiger partial charge in [0.25, 0.3) is 0 Å². The second kappa shape index (κ2) is 10.6. The minimum Gasteiger partial charge on any atom is -0.460 e. The molecular formula is C16H23Cl2FN2O. The standard InChI is InChI=1S/C16H21FN2O.2ClH/c1-19(2)11-5-10-18-12-13-8-9-16(20-13)14-6-3-4-7-15(14)17;;/h3-4,6-9,18H,5,10-12H2,1-2H3;2*1H. The first-order valence-corrected chi connectivity index (χ1v) is 6.86. The molecule has 124 valence electrons. The number of halogens is 3. The number of hydrogen-bond acceptors (Lipinski definition) is 3. The highest BCUT2D eigenvalue weighted by atomic mass is 35.5. The number of nitrogens with zero attached hydrogens (tertiary/aromatic N) is 1. The van der Waals surface area contributed by atoms with Crippen LogP contribution in [0.1, 0.15) is 12.2 Å². The maximum absolute atomic E-state index is 13.6. The van der Waals surface area contributed by atoms with Crippen LogP contribution in [0.25, 0.3) is 11.3 Å². The lowest BCUT2D eigenvalue weighted by Crippen LogP contribution is -2.20. The molecule has 1 heterocycles. The van der Waals surface area contributed by atoms with Gasteiger partial charge in [0.15, 0.2) is 0 Å². The van der Waals surface area contributed by atoms with Gasteiger partial charge >= 0.3 is 0 Å². The topological polar surface area (TPSA) is 28.4 Å². The minimum absolute atomic E-state index is 0. The van der Waals surface area contributed by atoms with Gasteiger partial charge in [0.05, 0.1) is 12.1 Å². The smallest absolute Gasteiger partial charge is 0.137 e. The maximum Gasteiger partial charge on any atom is 0.137 e. The predicted octanol–water partition coefficient (Wildman–Crippen LogP) is 3.97. The third kappa shape index (κ3) is 6.36. The van der Waals surface area contributed by atoms with Crippen LogP contribution in [0.3, 0.4) is 0 Å². The highest BCUT2D eigenvalue weighted by molar-refractivity contribution is 5.85. The summed E-state index contributed by atoms with van der Waals surface area (Å²) in [5.41, 5.74) is 0.506. The molecule has 0 radical (unpaired) electrons. The third-order valence-electron chi connectivity index (χ3n) is 3.06. The molecule has 1 N–H and O–H groups in total. The maximum atomic E-state index is 13.6. The molecule has 1 aromatic carbocycles. The molecular weight excluding hydrogens is 326 g/mol. The fourth-order valence-electron chi connectivity index (χ4n) is 2.01. The predicted molar refractivity (Wildman–Crippen MR) is 93.5 cm³/mol. The van der Waals surface area contributed by atoms with Crippen molar-refractivity contribution in [2.45, 2.75) is 13.0 Å². The molecule has 0 unspecified atom stereocenters. The summed E-state index contributed by atoms with van der Waals surface area (Å²) >= 11 is 0. The first-order valence-electron chi connectivity index (χ1n) is 6.86. The first-order chi connectivity index (χ1) is 9.66. The van der Waals surface area contributed by atoms with Crippen LogP contribution in [0.5, 0.6) is 0 Å². The van der Waals surface area contributed by atoms with Gasteiger partial charge in [-0.15, -0.1) is 24.8 Å². The van der Waals surface area contributed by atoms with Gasteiger partial charge in [0.1, 0.15) is 17.3 Å². The Morgan fingerprint density at radius 3 is 2.50 bits per heavy atom. The zero-order chi connectivity index (χ0) is 14.4. The number of rotatable bonds is 7. The van der Waals surface area contributed by atoms with Gasteiger partial charge < -0.3 is 14.6 Å². The Bertz CT molecular complexity index is 546. The van der Waals surface area contributed by atoms with Gasteiger partial charge in [0.2, 0.25) is 0 Å². The van der Waals surface area contributed by atoms with Crippen molar-refractivity contribution >= 4 is 24.8 Å². The van der Waals surface area contributed by atoms with Crippen LogP contribution in [0.15, 0.2) is 40.8 Å². The minimum atomic E-state index is -0.257. The first kappa shape index (κ1) is 20.9. The van der Waals surface area contributed by atoms with Crippen LogP contribution in [0, 0.1) is 5.82 Å². The highest BCUT2D eigenvalue weighted by Gasteiger charge is 2.08. The zero-order valence-electron chi connectivity index (χ0n) is 12.8. The molecule has 0 saturated heterocycles. The lowest BCUT2D eigenvalue weighted by Gasteiger charge is -2.09. The van der Waals surface area contributed by atoms with Crippen molar-refractivity contribution < 1.29 is 8.81 Å². The van der Waals surface area contributed by atoms with E-state index in [9.17, 15) is 4.39 Å². The molecule has 0 amide bonds. The van der Waals surface area contributed by atoms with Crippen LogP contribution < -0.4 is 5.32 Å². The zero-order valence-corrected chi connectivity index (χ0v) is 14.5. The lowest BCUT2D eigenvalue weighted by atomic mass is 10.1. The van der Waals surface area contributed by atoms with Crippen LogP contribution >= 0.6 is 24.8 Å². The number of nitrogens with one attached hydrogen (secondary N) is 1. The summed E-state index contributed by atoms with van der Waals surface area (Å²) < 4.78 is 19.3. The normalized spacial score (nSPS) is 10.2. The molecule has 0 atom stereocenters. The Kier molecular flexibility index (Phi) is 10.1. The summed E-state index contributed by atoms with van der Waals surface area (Å²) in [7, 11) is 4.13. The Morgan fingerprint density at radius 2 is 1.82 bits per heavy atom. The van der Waals surface area contributed by atoms with Crippen molar-refractivity contribution in [3.63, 3.8) is 0 Å². The average molecular weight is 349 g/mol. The summed E-state index contributed by atoms with van der Waals surface area (Å²) in [6.45, 7) is 2.67. The van der Waals surface area contributed by atoms with E-state index in [0.29, 0.717) is 17.9 Å². The molecule has 3 nitrogen and oxygen atoms in total. The second-order valence-electron chi connectivity index (χ2n) is 5.08. The fraction of sp³-hybridized carbons (Fsp3) is 0.375. The molecule has 2 aromatic rings. The quantitative estimate of drug-likeness (QED) is 0.767. The summed E-state index contributed by atoms with van der Waals surface area (Å²) in [4.78, 5) is 2.16. The molecule has 0 aliphatic rings. The van der Waals surface area contributed by atoms with Crippen molar-refractivity contribution in [1.29, 1.82) is 0 Å². The molecule has 2 rings (SSSR count). The van der Waals surface area contributed by atoms with Gasteiger partial charge in [-0.25, -0.2) is 4.39 Å². The van der Waals surface area contributed by atoms with E-state index in [2.05, 4.69) is 24.3 Å².